The minimum absolute atomic E-state index is 0.0200. The average molecular weight is 230 g/mol. The lowest BCUT2D eigenvalue weighted by Gasteiger charge is -2.25. The topological polar surface area (TPSA) is 98.7 Å². The first kappa shape index (κ1) is 12.8. The number of aliphatic hydroxyl groups excluding tert-OH is 1. The Hall–Kier alpha value is -1.30. The highest BCUT2D eigenvalue weighted by atomic mass is 16.4. The molecule has 0 bridgehead atoms. The van der Waals surface area contributed by atoms with Crippen molar-refractivity contribution in [2.45, 2.75) is 31.8 Å². The number of hydrogen-bond acceptors (Lipinski definition) is 3. The molecule has 2 amide bonds. The zero-order chi connectivity index (χ0) is 12.0. The van der Waals surface area contributed by atoms with Gasteiger partial charge in [0.05, 0.1) is 0 Å². The third-order valence-corrected chi connectivity index (χ3v) is 2.76. The second-order valence-corrected chi connectivity index (χ2v) is 4.08. The van der Waals surface area contributed by atoms with Gasteiger partial charge in [-0.25, -0.2) is 9.59 Å². The summed E-state index contributed by atoms with van der Waals surface area (Å²) in [5.41, 5.74) is 0. The number of carbonyl (C=O) groups excluding carboxylic acids is 1. The first-order valence-electron chi connectivity index (χ1n) is 5.52. The predicted octanol–water partition coefficient (Wildman–Crippen LogP) is -0.0787. The molecule has 6 heteroatoms. The van der Waals surface area contributed by atoms with E-state index in [2.05, 4.69) is 10.6 Å². The van der Waals surface area contributed by atoms with Gasteiger partial charge in [0.25, 0.3) is 0 Å². The molecule has 0 heterocycles. The van der Waals surface area contributed by atoms with E-state index in [0.29, 0.717) is 12.5 Å². The van der Waals surface area contributed by atoms with Crippen molar-refractivity contribution in [3.63, 3.8) is 0 Å². The lowest BCUT2D eigenvalue weighted by atomic mass is 9.85. The van der Waals surface area contributed by atoms with Crippen molar-refractivity contribution in [1.29, 1.82) is 0 Å². The monoisotopic (exact) mass is 230 g/mol. The number of nitrogens with one attached hydrogen (secondary N) is 2. The number of urea groups is 1. The smallest absolute Gasteiger partial charge is 0.332 e. The maximum Gasteiger partial charge on any atom is 0.332 e. The number of aliphatic carboxylic acids is 1. The minimum atomic E-state index is -1.41. The fourth-order valence-corrected chi connectivity index (χ4v) is 1.44. The number of amides is 2. The van der Waals surface area contributed by atoms with Crippen LogP contribution in [0.5, 0.6) is 0 Å². The Morgan fingerprint density at radius 1 is 1.31 bits per heavy atom. The van der Waals surface area contributed by atoms with Gasteiger partial charge in [0, 0.05) is 19.5 Å². The Morgan fingerprint density at radius 2 is 2.00 bits per heavy atom. The molecule has 1 fully saturated rings. The number of aliphatic hydroxyl groups is 1. The SMILES string of the molecule is O=C(NCCC(O)C(=O)O)NCC1CCC1. The Bertz CT molecular complexity index is 253. The fourth-order valence-electron chi connectivity index (χ4n) is 1.44. The van der Waals surface area contributed by atoms with Crippen molar-refractivity contribution in [3.05, 3.63) is 0 Å². The summed E-state index contributed by atoms with van der Waals surface area (Å²) in [7, 11) is 0. The molecule has 1 atom stereocenters. The fraction of sp³-hybridized carbons (Fsp3) is 0.800. The number of rotatable bonds is 6. The summed E-state index contributed by atoms with van der Waals surface area (Å²) in [5.74, 6) is -0.674. The van der Waals surface area contributed by atoms with Gasteiger partial charge in [0.2, 0.25) is 0 Å². The van der Waals surface area contributed by atoms with Gasteiger partial charge >= 0.3 is 12.0 Å². The van der Waals surface area contributed by atoms with Crippen LogP contribution in [0.4, 0.5) is 4.79 Å². The summed E-state index contributed by atoms with van der Waals surface area (Å²) < 4.78 is 0. The van der Waals surface area contributed by atoms with E-state index in [1.807, 2.05) is 0 Å². The van der Waals surface area contributed by atoms with Crippen molar-refractivity contribution < 1.29 is 19.8 Å². The standard InChI is InChI=1S/C10H18N2O4/c13-8(9(14)15)4-5-11-10(16)12-6-7-2-1-3-7/h7-8,13H,1-6H2,(H,14,15)(H2,11,12,16). The van der Waals surface area contributed by atoms with Crippen LogP contribution in [0.3, 0.4) is 0 Å². The summed E-state index contributed by atoms with van der Waals surface area (Å²) in [6.45, 7) is 0.831. The van der Waals surface area contributed by atoms with E-state index in [-0.39, 0.29) is 19.0 Å². The van der Waals surface area contributed by atoms with Crippen LogP contribution >= 0.6 is 0 Å². The molecule has 6 nitrogen and oxygen atoms in total. The highest BCUT2D eigenvalue weighted by Crippen LogP contribution is 2.24. The van der Waals surface area contributed by atoms with Gasteiger partial charge in [0.15, 0.2) is 6.10 Å². The zero-order valence-corrected chi connectivity index (χ0v) is 9.11. The molecule has 1 rings (SSSR count). The molecular formula is C10H18N2O4. The molecule has 1 aliphatic carbocycles. The molecule has 0 aromatic rings. The number of hydrogen-bond donors (Lipinski definition) is 4. The normalized spacial score (nSPS) is 17.3. The quantitative estimate of drug-likeness (QED) is 0.513. The van der Waals surface area contributed by atoms with Crippen LogP contribution in [0.25, 0.3) is 0 Å². The number of carboxylic acid groups (broad SMARTS) is 1. The van der Waals surface area contributed by atoms with E-state index in [0.717, 1.165) is 12.8 Å². The lowest BCUT2D eigenvalue weighted by Crippen LogP contribution is -2.40. The molecule has 0 saturated heterocycles. The third kappa shape index (κ3) is 4.48. The molecule has 1 unspecified atom stereocenters. The molecule has 92 valence electrons. The van der Waals surface area contributed by atoms with Gasteiger partial charge in [-0.3, -0.25) is 0 Å². The Kier molecular flexibility index (Phi) is 5.04. The summed E-state index contributed by atoms with van der Waals surface area (Å²) >= 11 is 0. The molecule has 4 N–H and O–H groups in total. The van der Waals surface area contributed by atoms with Gasteiger partial charge in [-0.1, -0.05) is 6.42 Å². The average Bonchev–Trinajstić information content (AvgIpc) is 2.15. The van der Waals surface area contributed by atoms with E-state index in [4.69, 9.17) is 10.2 Å². The Morgan fingerprint density at radius 3 is 2.50 bits per heavy atom. The third-order valence-electron chi connectivity index (χ3n) is 2.76. The highest BCUT2D eigenvalue weighted by molar-refractivity contribution is 5.74. The van der Waals surface area contributed by atoms with Crippen molar-refractivity contribution in [1.82, 2.24) is 10.6 Å². The Labute approximate surface area is 94.0 Å². The van der Waals surface area contributed by atoms with Gasteiger partial charge in [-0.15, -0.1) is 0 Å². The Balaban J connectivity index is 1.99. The minimum Gasteiger partial charge on any atom is -0.479 e. The maximum atomic E-state index is 11.2. The number of carbonyl (C=O) groups is 2. The second kappa shape index (κ2) is 6.32. The van der Waals surface area contributed by atoms with Crippen LogP contribution in [0.1, 0.15) is 25.7 Å². The molecule has 16 heavy (non-hydrogen) atoms. The molecule has 1 saturated carbocycles. The van der Waals surface area contributed by atoms with Crippen LogP contribution in [-0.2, 0) is 4.79 Å². The summed E-state index contributed by atoms with van der Waals surface area (Å²) in [5, 5.41) is 22.5. The molecule has 0 radical (unpaired) electrons. The predicted molar refractivity (Wildman–Crippen MR) is 57.0 cm³/mol. The van der Waals surface area contributed by atoms with E-state index >= 15 is 0 Å². The molecule has 0 aliphatic heterocycles. The van der Waals surface area contributed by atoms with Gasteiger partial charge < -0.3 is 20.8 Å². The maximum absolute atomic E-state index is 11.2. The molecule has 0 aromatic carbocycles. The first-order valence-corrected chi connectivity index (χ1v) is 5.52. The van der Waals surface area contributed by atoms with Crippen LogP contribution in [0, 0.1) is 5.92 Å². The van der Waals surface area contributed by atoms with Gasteiger partial charge in [-0.05, 0) is 18.8 Å². The molecule has 0 spiro atoms. The first-order chi connectivity index (χ1) is 7.59. The van der Waals surface area contributed by atoms with Crippen molar-refractivity contribution in [3.8, 4) is 0 Å². The van der Waals surface area contributed by atoms with Crippen molar-refractivity contribution >= 4 is 12.0 Å². The van der Waals surface area contributed by atoms with Gasteiger partial charge in [0.1, 0.15) is 0 Å². The van der Waals surface area contributed by atoms with Crippen molar-refractivity contribution in [2.75, 3.05) is 13.1 Å². The summed E-state index contributed by atoms with van der Waals surface area (Å²) in [6.07, 6.45) is 2.17. The van der Waals surface area contributed by atoms with Crippen LogP contribution < -0.4 is 10.6 Å². The molecule has 0 aromatic heterocycles. The van der Waals surface area contributed by atoms with Crippen LogP contribution in [0.2, 0.25) is 0 Å². The summed E-state index contributed by atoms with van der Waals surface area (Å²) in [4.78, 5) is 21.4. The van der Waals surface area contributed by atoms with Gasteiger partial charge in [-0.2, -0.15) is 0 Å². The number of carboxylic acids is 1. The zero-order valence-electron chi connectivity index (χ0n) is 9.11. The van der Waals surface area contributed by atoms with E-state index in [1.165, 1.54) is 6.42 Å². The van der Waals surface area contributed by atoms with E-state index in [1.54, 1.807) is 0 Å². The molecule has 1 aliphatic rings. The van der Waals surface area contributed by atoms with Crippen molar-refractivity contribution in [2.24, 2.45) is 5.92 Å². The van der Waals surface area contributed by atoms with E-state index < -0.39 is 12.1 Å². The lowest BCUT2D eigenvalue weighted by molar-refractivity contribution is -0.146. The largest absolute Gasteiger partial charge is 0.479 e. The van der Waals surface area contributed by atoms with Crippen LogP contribution in [-0.4, -0.2) is 41.4 Å². The molecular weight excluding hydrogens is 212 g/mol. The highest BCUT2D eigenvalue weighted by Gasteiger charge is 2.18. The van der Waals surface area contributed by atoms with E-state index in [9.17, 15) is 9.59 Å². The second-order valence-electron chi connectivity index (χ2n) is 4.08. The van der Waals surface area contributed by atoms with Crippen LogP contribution in [0.15, 0.2) is 0 Å². The summed E-state index contributed by atoms with van der Waals surface area (Å²) in [6, 6.07) is -0.301.